The van der Waals surface area contributed by atoms with Gasteiger partial charge in [-0.25, -0.2) is 8.78 Å². The summed E-state index contributed by atoms with van der Waals surface area (Å²) in [5, 5.41) is 1.99. The molecule has 0 aromatic carbocycles. The minimum absolute atomic E-state index is 0.0822. The maximum Gasteiger partial charge on any atom is 0.149 e. The van der Waals surface area contributed by atoms with Gasteiger partial charge in [-0.05, 0) is 12.3 Å². The highest BCUT2D eigenvalue weighted by atomic mass is 79.9. The molecule has 86 valence electrons. The van der Waals surface area contributed by atoms with Crippen LogP contribution >= 0.6 is 27.7 Å². The Morgan fingerprint density at radius 1 is 1.56 bits per heavy atom. The van der Waals surface area contributed by atoms with Crippen LogP contribution in [0.3, 0.4) is 0 Å². The van der Waals surface area contributed by atoms with Crippen LogP contribution in [0.1, 0.15) is 12.6 Å². The fourth-order valence-electron chi connectivity index (χ4n) is 1.37. The number of allylic oxidation sites excluding steroid dienone is 1. The normalized spacial score (nSPS) is 20.1. The standard InChI is InChI=1S/C10H9BrF2N2S/c1-6-5-16-10(11)15(6)4-9-8(13)2-7(12)3-14-9/h2-3,5,10H,4H2,1H3. The molecule has 0 fully saturated rings. The monoisotopic (exact) mass is 306 g/mol. The molecule has 1 aliphatic rings. The largest absolute Gasteiger partial charge is 0.347 e. The smallest absolute Gasteiger partial charge is 0.149 e. The molecule has 2 heterocycles. The average Bonchev–Trinajstić information content (AvgIpc) is 2.53. The van der Waals surface area contributed by atoms with Crippen LogP contribution < -0.4 is 0 Å². The number of aromatic nitrogens is 1. The van der Waals surface area contributed by atoms with Crippen molar-refractivity contribution in [1.82, 2.24) is 9.88 Å². The minimum atomic E-state index is -0.653. The van der Waals surface area contributed by atoms with Crippen molar-refractivity contribution in [2.45, 2.75) is 17.8 Å². The fourth-order valence-corrected chi connectivity index (χ4v) is 3.00. The molecule has 2 nitrogen and oxygen atoms in total. The fraction of sp³-hybridized carbons (Fsp3) is 0.300. The van der Waals surface area contributed by atoms with E-state index in [2.05, 4.69) is 20.9 Å². The summed E-state index contributed by atoms with van der Waals surface area (Å²) < 4.78 is 26.1. The van der Waals surface area contributed by atoms with Crippen LogP contribution in [0, 0.1) is 11.6 Å². The van der Waals surface area contributed by atoms with Crippen molar-refractivity contribution in [1.29, 1.82) is 0 Å². The highest BCUT2D eigenvalue weighted by Crippen LogP contribution is 2.35. The first-order valence-corrected chi connectivity index (χ1v) is 6.46. The quantitative estimate of drug-likeness (QED) is 0.615. The van der Waals surface area contributed by atoms with Gasteiger partial charge in [-0.15, -0.1) is 0 Å². The van der Waals surface area contributed by atoms with E-state index in [4.69, 9.17) is 0 Å². The number of hydrogen-bond donors (Lipinski definition) is 0. The number of halogens is 3. The number of rotatable bonds is 2. The Morgan fingerprint density at radius 2 is 2.31 bits per heavy atom. The summed E-state index contributed by atoms with van der Waals surface area (Å²) >= 11 is 5.05. The van der Waals surface area contributed by atoms with Crippen molar-refractivity contribution >= 4 is 27.7 Å². The lowest BCUT2D eigenvalue weighted by Gasteiger charge is -2.23. The van der Waals surface area contributed by atoms with Crippen molar-refractivity contribution in [3.63, 3.8) is 0 Å². The minimum Gasteiger partial charge on any atom is -0.347 e. The van der Waals surface area contributed by atoms with E-state index in [-0.39, 0.29) is 9.98 Å². The van der Waals surface area contributed by atoms with Crippen molar-refractivity contribution in [3.8, 4) is 0 Å². The van der Waals surface area contributed by atoms with E-state index in [1.165, 1.54) is 0 Å². The maximum atomic E-state index is 13.4. The average molecular weight is 307 g/mol. The van der Waals surface area contributed by atoms with Crippen LogP contribution in [0.5, 0.6) is 0 Å². The Kier molecular flexibility index (Phi) is 3.49. The highest BCUT2D eigenvalue weighted by Gasteiger charge is 2.23. The van der Waals surface area contributed by atoms with E-state index in [1.807, 2.05) is 17.2 Å². The zero-order chi connectivity index (χ0) is 11.7. The second-order valence-corrected chi connectivity index (χ2v) is 5.83. The molecule has 1 unspecified atom stereocenters. The van der Waals surface area contributed by atoms with Crippen LogP contribution in [0.4, 0.5) is 8.78 Å². The Bertz CT molecular complexity index is 439. The zero-order valence-electron chi connectivity index (χ0n) is 8.45. The van der Waals surface area contributed by atoms with Crippen LogP contribution in [0.15, 0.2) is 23.4 Å². The second-order valence-electron chi connectivity index (χ2n) is 3.40. The number of hydrogen-bond acceptors (Lipinski definition) is 3. The van der Waals surface area contributed by atoms with Gasteiger partial charge in [0.1, 0.15) is 15.9 Å². The molecule has 0 bridgehead atoms. The van der Waals surface area contributed by atoms with Crippen LogP contribution in [-0.2, 0) is 6.54 Å². The van der Waals surface area contributed by atoms with Crippen LogP contribution in [0.25, 0.3) is 0 Å². The molecule has 0 spiro atoms. The molecule has 1 aliphatic heterocycles. The van der Waals surface area contributed by atoms with Gasteiger partial charge in [0.2, 0.25) is 0 Å². The van der Waals surface area contributed by atoms with E-state index in [1.54, 1.807) is 11.8 Å². The molecule has 0 saturated heterocycles. The first kappa shape index (κ1) is 11.9. The summed E-state index contributed by atoms with van der Waals surface area (Å²) in [7, 11) is 0. The Balaban J connectivity index is 2.18. The summed E-state index contributed by atoms with van der Waals surface area (Å²) in [5.41, 5.74) is 1.29. The Morgan fingerprint density at radius 3 is 2.88 bits per heavy atom. The molecule has 1 aromatic heterocycles. The van der Waals surface area contributed by atoms with Gasteiger partial charge in [-0.3, -0.25) is 4.98 Å². The summed E-state index contributed by atoms with van der Waals surface area (Å²) in [5.74, 6) is -1.26. The molecule has 2 rings (SSSR count). The number of thioether (sulfide) groups is 1. The van der Waals surface area contributed by atoms with Gasteiger partial charge in [-0.1, -0.05) is 27.7 Å². The van der Waals surface area contributed by atoms with Gasteiger partial charge in [0, 0.05) is 11.8 Å². The summed E-state index contributed by atoms with van der Waals surface area (Å²) in [6.45, 7) is 2.27. The summed E-state index contributed by atoms with van der Waals surface area (Å²) in [6, 6.07) is 0.855. The molecule has 1 aromatic rings. The third-order valence-electron chi connectivity index (χ3n) is 2.25. The van der Waals surface area contributed by atoms with Crippen molar-refractivity contribution < 1.29 is 8.78 Å². The lowest BCUT2D eigenvalue weighted by atomic mass is 10.3. The SMILES string of the molecule is CC1=CSC(Br)N1Cc1ncc(F)cc1F. The topological polar surface area (TPSA) is 16.1 Å². The van der Waals surface area contributed by atoms with Crippen LogP contribution in [0.2, 0.25) is 0 Å². The molecular weight excluding hydrogens is 298 g/mol. The summed E-state index contributed by atoms with van der Waals surface area (Å²) in [6.07, 6.45) is 1.03. The molecule has 0 radical (unpaired) electrons. The Hall–Kier alpha value is -0.620. The van der Waals surface area contributed by atoms with E-state index in [0.717, 1.165) is 18.0 Å². The third kappa shape index (κ3) is 2.38. The van der Waals surface area contributed by atoms with E-state index < -0.39 is 11.6 Å². The lowest BCUT2D eigenvalue weighted by Crippen LogP contribution is -2.23. The van der Waals surface area contributed by atoms with Gasteiger partial charge < -0.3 is 4.90 Å². The van der Waals surface area contributed by atoms with E-state index >= 15 is 0 Å². The molecule has 6 heteroatoms. The molecule has 1 atom stereocenters. The molecule has 16 heavy (non-hydrogen) atoms. The predicted molar refractivity (Wildman–Crippen MR) is 63.8 cm³/mol. The maximum absolute atomic E-state index is 13.4. The van der Waals surface area contributed by atoms with E-state index in [9.17, 15) is 8.78 Å². The number of pyridine rings is 1. The van der Waals surface area contributed by atoms with Crippen molar-refractivity contribution in [2.24, 2.45) is 0 Å². The molecule has 0 saturated carbocycles. The second kappa shape index (κ2) is 4.71. The van der Waals surface area contributed by atoms with Gasteiger partial charge >= 0.3 is 0 Å². The third-order valence-corrected chi connectivity index (χ3v) is 4.35. The molecular formula is C10H9BrF2N2S. The van der Waals surface area contributed by atoms with Gasteiger partial charge in [0.25, 0.3) is 0 Å². The van der Waals surface area contributed by atoms with E-state index in [0.29, 0.717) is 6.54 Å². The summed E-state index contributed by atoms with van der Waals surface area (Å²) in [4.78, 5) is 5.71. The molecule has 0 N–H and O–H groups in total. The van der Waals surface area contributed by atoms with Gasteiger partial charge in [-0.2, -0.15) is 0 Å². The van der Waals surface area contributed by atoms with Crippen LogP contribution in [-0.4, -0.2) is 14.2 Å². The Labute approximate surface area is 105 Å². The number of nitrogens with zero attached hydrogens (tertiary/aromatic N) is 2. The predicted octanol–water partition coefficient (Wildman–Crippen LogP) is 3.45. The number of alkyl halides is 1. The first-order valence-electron chi connectivity index (χ1n) is 4.61. The lowest BCUT2D eigenvalue weighted by molar-refractivity contribution is 0.372. The molecule has 0 aliphatic carbocycles. The highest BCUT2D eigenvalue weighted by molar-refractivity contribution is 9.11. The zero-order valence-corrected chi connectivity index (χ0v) is 10.9. The molecule has 0 amide bonds. The van der Waals surface area contributed by atoms with Gasteiger partial charge in [0.15, 0.2) is 0 Å². The first-order chi connectivity index (χ1) is 7.58. The van der Waals surface area contributed by atoms with Crippen molar-refractivity contribution in [3.05, 3.63) is 40.7 Å². The van der Waals surface area contributed by atoms with Gasteiger partial charge in [0.05, 0.1) is 18.4 Å². The van der Waals surface area contributed by atoms with Crippen molar-refractivity contribution in [2.75, 3.05) is 0 Å².